The van der Waals surface area contributed by atoms with Gasteiger partial charge in [-0.1, -0.05) is 48.5 Å². The van der Waals surface area contributed by atoms with Crippen LogP contribution in [0.3, 0.4) is 0 Å². The number of amides is 6. The summed E-state index contributed by atoms with van der Waals surface area (Å²) in [5.41, 5.74) is -0.898. The molecule has 22 heteroatoms. The fraction of sp³-hybridized carbons (Fsp3) is 0.532. The summed E-state index contributed by atoms with van der Waals surface area (Å²) in [5.74, 6) is -6.95. The number of ether oxygens (including phenoxy) is 6. The number of nitrogens with zero attached hydrogens (tertiary/aromatic N) is 5. The van der Waals surface area contributed by atoms with Crippen molar-refractivity contribution in [3.8, 4) is 17.2 Å². The van der Waals surface area contributed by atoms with Crippen LogP contribution in [0.15, 0.2) is 78.9 Å². The first-order chi connectivity index (χ1) is 39.8. The van der Waals surface area contributed by atoms with Gasteiger partial charge in [-0.2, -0.15) is 0 Å². The number of esters is 2. The Morgan fingerprint density at radius 3 is 2.12 bits per heavy atom. The van der Waals surface area contributed by atoms with Crippen molar-refractivity contribution in [3.05, 3.63) is 101 Å². The Morgan fingerprint density at radius 1 is 0.738 bits per heavy atom. The standard InChI is InChI=1S/C62H81FN6O15/c1-39-55(73)64-53(41-20-13-12-14-21-41)58(76)67(9)46(36-83-61(2,3)4)57(75)68-33-19-23-44(68)56(74)65(7)31-17-16-24-52(71)82-38-62(5,6)54(72)59(77)69-32-18-15-22-45(69)60(78)84-47(29-25-40-26-30-48(79-10)50(34-40)80-11)42-27-28-43(63)49(35-42)81-37-51(70)66(39)8/h12-14,16,20-21,24,26-28,30,34-35,39,44-47,53H,15,17-19,22-23,25,29,31-33,36-38H2,1-11H3,(H,64,73)/b24-16-/t39-,44-,45-,46-,47+,53?/m0/s1. The molecular weight excluding hydrogens is 1090 g/mol. The number of benzene rings is 3. The van der Waals surface area contributed by atoms with E-state index in [1.165, 1.54) is 86.9 Å². The molecule has 3 aliphatic rings. The monoisotopic (exact) mass is 1170 g/mol. The van der Waals surface area contributed by atoms with Crippen molar-refractivity contribution >= 4 is 53.2 Å². The average Bonchev–Trinajstić information content (AvgIpc) is 4.00. The highest BCUT2D eigenvalue weighted by Crippen LogP contribution is 2.34. The number of Topliss-reactive ketones (excluding diaryl/α,β-unsaturated/α-hetero) is 1. The van der Waals surface area contributed by atoms with Gasteiger partial charge in [0.25, 0.3) is 11.8 Å². The summed E-state index contributed by atoms with van der Waals surface area (Å²) in [6.45, 7) is 8.60. The molecule has 0 radical (unpaired) electrons. The molecule has 1 unspecified atom stereocenters. The Labute approximate surface area is 491 Å². The van der Waals surface area contributed by atoms with Crippen LogP contribution in [0, 0.1) is 11.2 Å². The van der Waals surface area contributed by atoms with Gasteiger partial charge in [-0.15, -0.1) is 0 Å². The molecule has 2 fully saturated rings. The smallest absolute Gasteiger partial charge is 0.330 e. The van der Waals surface area contributed by atoms with E-state index in [9.17, 15) is 43.2 Å². The van der Waals surface area contributed by atoms with E-state index in [-0.39, 0.29) is 69.1 Å². The summed E-state index contributed by atoms with van der Waals surface area (Å²) < 4.78 is 50.3. The summed E-state index contributed by atoms with van der Waals surface area (Å²) in [7, 11) is 7.32. The molecule has 84 heavy (non-hydrogen) atoms. The van der Waals surface area contributed by atoms with Crippen LogP contribution in [0.5, 0.6) is 17.2 Å². The molecule has 3 aliphatic heterocycles. The fourth-order valence-corrected chi connectivity index (χ4v) is 10.0. The van der Waals surface area contributed by atoms with Crippen molar-refractivity contribution < 1.29 is 76.0 Å². The maximum atomic E-state index is 15.8. The number of carbonyl (C=O) groups is 9. The minimum atomic E-state index is -1.53. The molecule has 3 heterocycles. The lowest BCUT2D eigenvalue weighted by Gasteiger charge is -2.37. The second-order valence-electron chi connectivity index (χ2n) is 23.0. The number of rotatable bonds is 8. The maximum absolute atomic E-state index is 15.8. The molecule has 0 saturated carbocycles. The van der Waals surface area contributed by atoms with Gasteiger partial charge in [0.1, 0.15) is 42.9 Å². The molecular formula is C62H81FN6O15. The topological polar surface area (TPSA) is 237 Å². The summed E-state index contributed by atoms with van der Waals surface area (Å²) in [5, 5.41) is 2.78. The Kier molecular flexibility index (Phi) is 22.6. The number of likely N-dealkylation sites (N-methyl/N-ethyl adjacent to an activating group) is 3. The highest BCUT2D eigenvalue weighted by molar-refractivity contribution is 6.38. The number of aryl methyl sites for hydroxylation is 1. The number of halogens is 1. The van der Waals surface area contributed by atoms with Crippen LogP contribution in [0.1, 0.15) is 115 Å². The van der Waals surface area contributed by atoms with Crippen molar-refractivity contribution in [1.82, 2.24) is 29.8 Å². The van der Waals surface area contributed by atoms with Crippen molar-refractivity contribution in [1.29, 1.82) is 0 Å². The van der Waals surface area contributed by atoms with Gasteiger partial charge in [-0.05, 0) is 134 Å². The highest BCUT2D eigenvalue weighted by Gasteiger charge is 2.45. The van der Waals surface area contributed by atoms with Crippen LogP contribution >= 0.6 is 0 Å². The number of nitrogens with one attached hydrogen (secondary N) is 1. The van der Waals surface area contributed by atoms with E-state index in [2.05, 4.69) is 5.32 Å². The minimum Gasteiger partial charge on any atom is -0.493 e. The molecule has 3 aromatic rings. The number of cyclic esters (lactones) is 2. The fourth-order valence-electron chi connectivity index (χ4n) is 10.0. The molecule has 456 valence electrons. The van der Waals surface area contributed by atoms with Crippen molar-refractivity contribution in [2.24, 2.45) is 5.41 Å². The third-order valence-electron chi connectivity index (χ3n) is 15.4. The number of fused-ring (bicyclic) bond motifs is 4. The van der Waals surface area contributed by atoms with Gasteiger partial charge in [0, 0.05) is 46.9 Å². The van der Waals surface area contributed by atoms with E-state index in [1.54, 1.807) is 76.3 Å². The van der Waals surface area contributed by atoms with E-state index >= 15 is 4.39 Å². The quantitative estimate of drug-likeness (QED) is 0.210. The van der Waals surface area contributed by atoms with E-state index in [4.69, 9.17) is 28.4 Å². The zero-order valence-corrected chi connectivity index (χ0v) is 50.1. The van der Waals surface area contributed by atoms with E-state index in [0.29, 0.717) is 42.7 Å². The largest absolute Gasteiger partial charge is 0.493 e. The number of methoxy groups -OCH3 is 2. The van der Waals surface area contributed by atoms with Gasteiger partial charge in [-0.3, -0.25) is 33.6 Å². The Morgan fingerprint density at radius 2 is 1.43 bits per heavy atom. The van der Waals surface area contributed by atoms with Crippen LogP contribution in [-0.4, -0.2) is 182 Å². The number of ketones is 1. The highest BCUT2D eigenvalue weighted by atomic mass is 19.1. The second kappa shape index (κ2) is 29.1. The molecule has 0 aliphatic carbocycles. The van der Waals surface area contributed by atoms with Crippen LogP contribution in [0.2, 0.25) is 0 Å². The van der Waals surface area contributed by atoms with Crippen LogP contribution in [-0.2, 0) is 63.8 Å². The van der Waals surface area contributed by atoms with Gasteiger partial charge in [0.05, 0.1) is 31.8 Å². The van der Waals surface area contributed by atoms with Gasteiger partial charge in [0.2, 0.25) is 29.4 Å². The molecule has 6 amide bonds. The first kappa shape index (κ1) is 65.3. The Bertz CT molecular complexity index is 2910. The van der Waals surface area contributed by atoms with Gasteiger partial charge < -0.3 is 58.2 Å². The lowest BCUT2D eigenvalue weighted by molar-refractivity contribution is -0.165. The zero-order chi connectivity index (χ0) is 61.6. The molecule has 21 nitrogen and oxygen atoms in total. The molecule has 0 spiro atoms. The zero-order valence-electron chi connectivity index (χ0n) is 50.1. The molecule has 1 N–H and O–H groups in total. The van der Waals surface area contributed by atoms with Crippen LogP contribution in [0.25, 0.3) is 0 Å². The van der Waals surface area contributed by atoms with Crippen LogP contribution in [0.4, 0.5) is 4.39 Å². The molecule has 6 rings (SSSR count). The maximum Gasteiger partial charge on any atom is 0.330 e. The normalized spacial score (nSPS) is 24.0. The van der Waals surface area contributed by atoms with Crippen LogP contribution < -0.4 is 19.5 Å². The van der Waals surface area contributed by atoms with E-state index < -0.39 is 114 Å². The van der Waals surface area contributed by atoms with Gasteiger partial charge in [0.15, 0.2) is 29.7 Å². The van der Waals surface area contributed by atoms with E-state index in [0.717, 1.165) is 22.6 Å². The number of hydrogen-bond acceptors (Lipinski definition) is 15. The Balaban J connectivity index is 1.34. The van der Waals surface area contributed by atoms with Gasteiger partial charge >= 0.3 is 11.9 Å². The predicted molar refractivity (Wildman–Crippen MR) is 306 cm³/mol. The molecule has 3 aromatic carbocycles. The third kappa shape index (κ3) is 16.7. The van der Waals surface area contributed by atoms with Crippen molar-refractivity contribution in [2.75, 3.05) is 74.8 Å². The number of carbonyl (C=O) groups excluding carboxylic acids is 9. The summed E-state index contributed by atoms with van der Waals surface area (Å²) >= 11 is 0. The number of hydrogen-bond donors (Lipinski definition) is 1. The average molecular weight is 1170 g/mol. The molecule has 2 saturated heterocycles. The summed E-state index contributed by atoms with van der Waals surface area (Å²) in [6.07, 6.45) is 4.16. The second-order valence-corrected chi connectivity index (χ2v) is 23.0. The minimum absolute atomic E-state index is 0.0541. The van der Waals surface area contributed by atoms with Crippen molar-refractivity contribution in [3.63, 3.8) is 0 Å². The third-order valence-corrected chi connectivity index (χ3v) is 15.4. The molecule has 2 bridgehead atoms. The summed E-state index contributed by atoms with van der Waals surface area (Å²) in [4.78, 5) is 134. The summed E-state index contributed by atoms with van der Waals surface area (Å²) in [6, 6.07) is 11.4. The number of piperidine rings is 1. The lowest BCUT2D eigenvalue weighted by atomic mass is 9.87. The first-order valence-electron chi connectivity index (χ1n) is 28.4. The van der Waals surface area contributed by atoms with E-state index in [1.807, 2.05) is 0 Å². The lowest BCUT2D eigenvalue weighted by Crippen LogP contribution is -2.58. The van der Waals surface area contributed by atoms with Crippen molar-refractivity contribution in [2.45, 2.75) is 135 Å². The van der Waals surface area contributed by atoms with Gasteiger partial charge in [-0.25, -0.2) is 14.0 Å². The predicted octanol–water partition coefficient (Wildman–Crippen LogP) is 5.71. The Hall–Kier alpha value is -7.88. The first-order valence-corrected chi connectivity index (χ1v) is 28.4. The molecule has 6 atom stereocenters. The molecule has 0 aromatic heterocycles. The SMILES string of the molecule is COc1ccc(CC[C@H]2OC(=O)[C@@H]3CCCCN3C(=O)C(=O)C(C)(C)COC(=O)/C=C\CCN(C)C(=O)[C@@H]3CCCN3C(=O)[C@H](COC(C)(C)C)N(C)C(=O)C(c3ccccc3)NC(=O)[C@H](C)N(C)C(=O)COc3cc2ccc3F)cc1OC.